The first kappa shape index (κ1) is 12.4. The molecule has 0 unspecified atom stereocenters. The van der Waals surface area contributed by atoms with Crippen LogP contribution in [-0.2, 0) is 0 Å². The predicted molar refractivity (Wildman–Crippen MR) is 92.7 cm³/mol. The predicted octanol–water partition coefficient (Wildman–Crippen LogP) is 6.24. The van der Waals surface area contributed by atoms with Crippen molar-refractivity contribution in [2.24, 2.45) is 0 Å². The molecule has 0 saturated carbocycles. The summed E-state index contributed by atoms with van der Waals surface area (Å²) < 4.78 is 1.34. The fourth-order valence-electron chi connectivity index (χ4n) is 2.73. The van der Waals surface area contributed by atoms with Crippen molar-refractivity contribution in [1.29, 1.82) is 0 Å². The first-order valence-corrected chi connectivity index (χ1v) is 7.92. The summed E-state index contributed by atoms with van der Waals surface area (Å²) in [7, 11) is 0. The van der Waals surface area contributed by atoms with E-state index in [2.05, 4.69) is 84.2 Å². The van der Waals surface area contributed by atoms with Crippen LogP contribution in [0.15, 0.2) is 84.2 Å². The summed E-state index contributed by atoms with van der Waals surface area (Å²) in [6.07, 6.45) is 0. The molecule has 4 rings (SSSR count). The Morgan fingerprint density at radius 1 is 0.571 bits per heavy atom. The van der Waals surface area contributed by atoms with Crippen molar-refractivity contribution in [3.63, 3.8) is 0 Å². The van der Waals surface area contributed by atoms with Crippen LogP contribution in [0.4, 0.5) is 0 Å². The summed E-state index contributed by atoms with van der Waals surface area (Å²) in [6, 6.07) is 28.0. The van der Waals surface area contributed by atoms with Crippen molar-refractivity contribution < 1.29 is 0 Å². The summed E-state index contributed by atoms with van der Waals surface area (Å²) in [6.45, 7) is 0. The molecule has 0 nitrogen and oxygen atoms in total. The Balaban J connectivity index is 2.00. The molecule has 0 radical (unpaired) electrons. The zero-order chi connectivity index (χ0) is 14.1. The summed E-state index contributed by atoms with van der Waals surface area (Å²) in [4.78, 5) is 0. The van der Waals surface area contributed by atoms with Crippen LogP contribution in [0.1, 0.15) is 0 Å². The van der Waals surface area contributed by atoms with Crippen molar-refractivity contribution in [2.75, 3.05) is 0 Å². The van der Waals surface area contributed by atoms with E-state index < -0.39 is 0 Å². The van der Waals surface area contributed by atoms with E-state index in [1.165, 1.54) is 32.3 Å². The van der Waals surface area contributed by atoms with E-state index in [0.29, 0.717) is 0 Å². The molecule has 0 spiro atoms. The Bertz CT molecular complexity index is 874. The molecule has 0 N–H and O–H groups in total. The first-order valence-electron chi connectivity index (χ1n) is 7.04. The summed E-state index contributed by atoms with van der Waals surface area (Å²) >= 11 is 1.80. The molecule has 0 aliphatic heterocycles. The van der Waals surface area contributed by atoms with Gasteiger partial charge in [0.25, 0.3) is 0 Å². The van der Waals surface area contributed by atoms with Crippen LogP contribution < -0.4 is 0 Å². The molecule has 0 aliphatic carbocycles. The lowest BCUT2D eigenvalue weighted by Gasteiger charge is -2.08. The largest absolute Gasteiger partial charge is 0.144 e. The van der Waals surface area contributed by atoms with Crippen molar-refractivity contribution in [3.8, 4) is 22.3 Å². The highest BCUT2D eigenvalue weighted by Crippen LogP contribution is 2.36. The lowest BCUT2D eigenvalue weighted by atomic mass is 9.96. The monoisotopic (exact) mass is 286 g/mol. The Kier molecular flexibility index (Phi) is 3.06. The van der Waals surface area contributed by atoms with Crippen molar-refractivity contribution in [2.45, 2.75) is 0 Å². The maximum absolute atomic E-state index is 2.31. The van der Waals surface area contributed by atoms with Crippen molar-refractivity contribution >= 4 is 21.4 Å². The van der Waals surface area contributed by atoms with Gasteiger partial charge in [-0.25, -0.2) is 0 Å². The van der Waals surface area contributed by atoms with Crippen molar-refractivity contribution in [3.05, 3.63) is 84.2 Å². The zero-order valence-electron chi connectivity index (χ0n) is 11.5. The van der Waals surface area contributed by atoms with E-state index in [1.54, 1.807) is 11.3 Å². The average molecular weight is 286 g/mol. The van der Waals surface area contributed by atoms with E-state index >= 15 is 0 Å². The van der Waals surface area contributed by atoms with Crippen LogP contribution in [0.3, 0.4) is 0 Å². The highest BCUT2D eigenvalue weighted by atomic mass is 32.1. The third-order valence-electron chi connectivity index (χ3n) is 3.76. The molecule has 0 bridgehead atoms. The molecule has 1 aromatic heterocycles. The third-order valence-corrected chi connectivity index (χ3v) is 4.63. The van der Waals surface area contributed by atoms with Gasteiger partial charge in [0.2, 0.25) is 0 Å². The SMILES string of the molecule is c1ccc(-c2cc(-c3ccccc3)c3ccsc3c2)cc1. The molecule has 4 aromatic rings. The molecule has 100 valence electrons. The molecule has 1 heterocycles. The lowest BCUT2D eigenvalue weighted by Crippen LogP contribution is -1.82. The maximum atomic E-state index is 2.31. The number of rotatable bonds is 2. The van der Waals surface area contributed by atoms with Crippen LogP contribution >= 0.6 is 11.3 Å². The minimum absolute atomic E-state index is 1.27. The van der Waals surface area contributed by atoms with E-state index in [4.69, 9.17) is 0 Å². The van der Waals surface area contributed by atoms with Crippen molar-refractivity contribution in [1.82, 2.24) is 0 Å². The first-order chi connectivity index (χ1) is 10.4. The smallest absolute Gasteiger partial charge is 0.0355 e. The van der Waals surface area contributed by atoms with E-state index in [-0.39, 0.29) is 0 Å². The standard InChI is InChI=1S/C20H14S/c1-3-7-15(8-4-1)17-13-19(16-9-5-2-6-10-16)18-11-12-21-20(18)14-17/h1-14H. The number of hydrogen-bond donors (Lipinski definition) is 0. The van der Waals surface area contributed by atoms with Gasteiger partial charge in [0.15, 0.2) is 0 Å². The Morgan fingerprint density at radius 2 is 1.24 bits per heavy atom. The van der Waals surface area contributed by atoms with Gasteiger partial charge in [-0.3, -0.25) is 0 Å². The minimum atomic E-state index is 1.27. The second-order valence-corrected chi connectivity index (χ2v) is 6.04. The average Bonchev–Trinajstić information content (AvgIpc) is 3.04. The van der Waals surface area contributed by atoms with Gasteiger partial charge < -0.3 is 0 Å². The quantitative estimate of drug-likeness (QED) is 0.409. The summed E-state index contributed by atoms with van der Waals surface area (Å²) in [5, 5.41) is 3.51. The minimum Gasteiger partial charge on any atom is -0.144 e. The number of benzene rings is 3. The molecule has 21 heavy (non-hydrogen) atoms. The molecular formula is C20H14S. The number of thiophene rings is 1. The van der Waals surface area contributed by atoms with E-state index in [9.17, 15) is 0 Å². The molecule has 3 aromatic carbocycles. The lowest BCUT2D eigenvalue weighted by molar-refractivity contribution is 1.63. The van der Waals surface area contributed by atoms with Gasteiger partial charge in [0, 0.05) is 10.1 Å². The Labute approximate surface area is 128 Å². The van der Waals surface area contributed by atoms with Gasteiger partial charge in [0.1, 0.15) is 0 Å². The highest BCUT2D eigenvalue weighted by Gasteiger charge is 2.08. The fraction of sp³-hybridized carbons (Fsp3) is 0. The van der Waals surface area contributed by atoms with Crippen LogP contribution in [0, 0.1) is 0 Å². The molecule has 0 aliphatic rings. The topological polar surface area (TPSA) is 0 Å². The van der Waals surface area contributed by atoms with Crippen LogP contribution in [0.2, 0.25) is 0 Å². The number of hydrogen-bond acceptors (Lipinski definition) is 1. The van der Waals surface area contributed by atoms with E-state index in [1.807, 2.05) is 0 Å². The molecular weight excluding hydrogens is 272 g/mol. The zero-order valence-corrected chi connectivity index (χ0v) is 12.3. The molecule has 0 fully saturated rings. The third kappa shape index (κ3) is 2.26. The normalized spacial score (nSPS) is 10.9. The van der Waals surface area contributed by atoms with Gasteiger partial charge >= 0.3 is 0 Å². The summed E-state index contributed by atoms with van der Waals surface area (Å²) in [5.74, 6) is 0. The highest BCUT2D eigenvalue weighted by molar-refractivity contribution is 7.17. The fourth-order valence-corrected chi connectivity index (χ4v) is 3.58. The number of fused-ring (bicyclic) bond motifs is 1. The molecule has 0 saturated heterocycles. The molecule has 0 amide bonds. The van der Waals surface area contributed by atoms with Gasteiger partial charge in [-0.05, 0) is 45.8 Å². The summed E-state index contributed by atoms with van der Waals surface area (Å²) in [5.41, 5.74) is 5.14. The Morgan fingerprint density at radius 3 is 1.95 bits per heavy atom. The molecule has 1 heteroatoms. The van der Waals surface area contributed by atoms with Crippen LogP contribution in [0.5, 0.6) is 0 Å². The molecule has 0 atom stereocenters. The van der Waals surface area contributed by atoms with Gasteiger partial charge in [-0.2, -0.15) is 0 Å². The van der Waals surface area contributed by atoms with Gasteiger partial charge in [-0.1, -0.05) is 60.7 Å². The maximum Gasteiger partial charge on any atom is 0.0355 e. The van der Waals surface area contributed by atoms with E-state index in [0.717, 1.165) is 0 Å². The second-order valence-electron chi connectivity index (χ2n) is 5.09. The second kappa shape index (κ2) is 5.19. The Hall–Kier alpha value is -2.38. The van der Waals surface area contributed by atoms with Gasteiger partial charge in [-0.15, -0.1) is 11.3 Å². The van der Waals surface area contributed by atoms with Gasteiger partial charge in [0.05, 0.1) is 0 Å². The van der Waals surface area contributed by atoms with Crippen LogP contribution in [-0.4, -0.2) is 0 Å². The van der Waals surface area contributed by atoms with Crippen LogP contribution in [0.25, 0.3) is 32.3 Å².